The van der Waals surface area contributed by atoms with Crippen molar-refractivity contribution in [3.63, 3.8) is 0 Å². The molecule has 0 saturated carbocycles. The minimum absolute atomic E-state index is 0.429. The van der Waals surface area contributed by atoms with E-state index in [0.717, 1.165) is 82.7 Å². The van der Waals surface area contributed by atoms with E-state index in [4.69, 9.17) is 18.8 Å². The van der Waals surface area contributed by atoms with E-state index in [2.05, 4.69) is 155 Å². The Hall–Kier alpha value is -7.96. The third-order valence-corrected chi connectivity index (χ3v) is 12.0. The molecule has 4 heterocycles. The van der Waals surface area contributed by atoms with Crippen molar-refractivity contribution in [3.05, 3.63) is 199 Å². The summed E-state index contributed by atoms with van der Waals surface area (Å²) in [5, 5.41) is 15.1. The van der Waals surface area contributed by atoms with Crippen molar-refractivity contribution in [1.29, 1.82) is 0 Å². The lowest BCUT2D eigenvalue weighted by molar-refractivity contribution is 0.660. The first-order valence-corrected chi connectivity index (χ1v) is 19.9. The molecule has 9 aromatic carbocycles. The normalized spacial score (nSPS) is 14.6. The Balaban J connectivity index is 1.08. The molecule has 1 N–H and O–H groups in total. The number of fused-ring (bicyclic) bond motifs is 11. The van der Waals surface area contributed by atoms with Crippen molar-refractivity contribution in [3.8, 4) is 5.69 Å². The number of furan rings is 2. The number of nitrogens with one attached hydrogen (secondary N) is 1. The predicted molar refractivity (Wildman–Crippen MR) is 242 cm³/mol. The first-order chi connectivity index (χ1) is 29.2. The van der Waals surface area contributed by atoms with Crippen LogP contribution in [0, 0.1) is 0 Å². The Kier molecular flexibility index (Phi) is 6.69. The van der Waals surface area contributed by atoms with Gasteiger partial charge in [0.05, 0.1) is 16.6 Å². The molecule has 6 nitrogen and oxygen atoms in total. The number of aromatic nitrogens is 1. The highest BCUT2D eigenvalue weighted by molar-refractivity contribution is 6.21. The van der Waals surface area contributed by atoms with Gasteiger partial charge in [0.2, 0.25) is 0 Å². The average molecular weight is 757 g/mol. The zero-order chi connectivity index (χ0) is 38.6. The smallest absolute Gasteiger partial charge is 0.159 e. The molecule has 0 aliphatic carbocycles. The fourth-order valence-corrected chi connectivity index (χ4v) is 9.18. The summed E-state index contributed by atoms with van der Waals surface area (Å²) in [6.45, 7) is 0. The largest absolute Gasteiger partial charge is 0.456 e. The van der Waals surface area contributed by atoms with Crippen molar-refractivity contribution in [2.75, 3.05) is 0 Å². The number of aliphatic imine (C=N–C) groups is 2. The van der Waals surface area contributed by atoms with E-state index in [-0.39, 0.29) is 0 Å². The molecule has 6 heteroatoms. The van der Waals surface area contributed by atoms with Crippen LogP contribution < -0.4 is 5.32 Å². The molecule has 1 unspecified atom stereocenters. The summed E-state index contributed by atoms with van der Waals surface area (Å²) in [6.07, 6.45) is -0.429. The van der Waals surface area contributed by atoms with Gasteiger partial charge in [0.1, 0.15) is 34.3 Å². The Morgan fingerprint density at radius 3 is 1.95 bits per heavy atom. The zero-order valence-electron chi connectivity index (χ0n) is 31.6. The first-order valence-electron chi connectivity index (χ1n) is 19.9. The maximum absolute atomic E-state index is 6.79. The van der Waals surface area contributed by atoms with Gasteiger partial charge in [-0.2, -0.15) is 0 Å². The molecule has 276 valence electrons. The quantitative estimate of drug-likeness (QED) is 0.194. The van der Waals surface area contributed by atoms with Crippen molar-refractivity contribution >= 4 is 98.9 Å². The molecule has 0 saturated heterocycles. The van der Waals surface area contributed by atoms with Crippen molar-refractivity contribution < 1.29 is 8.83 Å². The number of hydrogen-bond acceptors (Lipinski definition) is 5. The summed E-state index contributed by atoms with van der Waals surface area (Å²) in [7, 11) is 0. The van der Waals surface area contributed by atoms with Crippen LogP contribution in [0.2, 0.25) is 0 Å². The molecule has 0 radical (unpaired) electrons. The van der Waals surface area contributed by atoms with Gasteiger partial charge < -0.3 is 18.7 Å². The van der Waals surface area contributed by atoms with E-state index in [9.17, 15) is 0 Å². The van der Waals surface area contributed by atoms with Gasteiger partial charge >= 0.3 is 0 Å². The number of hydrogen-bond donors (Lipinski definition) is 1. The van der Waals surface area contributed by atoms with E-state index in [0.29, 0.717) is 11.7 Å². The van der Waals surface area contributed by atoms with E-state index in [1.165, 1.54) is 26.9 Å². The minimum atomic E-state index is -0.429. The van der Waals surface area contributed by atoms with Gasteiger partial charge in [-0.1, -0.05) is 115 Å². The van der Waals surface area contributed by atoms with Gasteiger partial charge in [-0.3, -0.25) is 0 Å². The summed E-state index contributed by atoms with van der Waals surface area (Å²) in [4.78, 5) is 10.7. The van der Waals surface area contributed by atoms with Crippen LogP contribution in [0.5, 0.6) is 0 Å². The molecule has 1 aliphatic heterocycles. The molecule has 0 fully saturated rings. The van der Waals surface area contributed by atoms with E-state index >= 15 is 0 Å². The van der Waals surface area contributed by atoms with Crippen molar-refractivity contribution in [1.82, 2.24) is 9.88 Å². The summed E-state index contributed by atoms with van der Waals surface area (Å²) < 4.78 is 15.4. The number of amidine groups is 2. The lowest BCUT2D eigenvalue weighted by Gasteiger charge is -2.24. The van der Waals surface area contributed by atoms with Crippen LogP contribution in [-0.4, -0.2) is 16.2 Å². The maximum Gasteiger partial charge on any atom is 0.159 e. The van der Waals surface area contributed by atoms with Gasteiger partial charge in [-0.25, -0.2) is 9.98 Å². The summed E-state index contributed by atoms with van der Waals surface area (Å²) in [5.41, 5.74) is 9.35. The highest BCUT2D eigenvalue weighted by atomic mass is 16.3. The molecular formula is C53H32N4O2. The van der Waals surface area contributed by atoms with Crippen LogP contribution in [0.15, 0.2) is 201 Å². The molecule has 13 rings (SSSR count). The summed E-state index contributed by atoms with van der Waals surface area (Å²) >= 11 is 0. The first kappa shape index (κ1) is 32.2. The zero-order valence-corrected chi connectivity index (χ0v) is 31.6. The summed E-state index contributed by atoms with van der Waals surface area (Å²) in [6, 6.07) is 64.0. The van der Waals surface area contributed by atoms with E-state index in [1.54, 1.807) is 0 Å². The minimum Gasteiger partial charge on any atom is -0.456 e. The van der Waals surface area contributed by atoms with E-state index in [1.807, 2.05) is 36.4 Å². The average Bonchev–Trinajstić information content (AvgIpc) is 3.96. The number of rotatable bonds is 4. The van der Waals surface area contributed by atoms with Crippen LogP contribution in [0.3, 0.4) is 0 Å². The molecule has 12 aromatic rings. The standard InChI is InChI=1S/C53H32N4O2/c1-2-12-32-25-35(22-21-31(32)11-1)51-54-52(36-23-24-49-42(27-36)39-16-6-9-19-47(39)58-49)56-53(55-51)44-30-37(29-43-40-17-7-10-20-48(40)59-50(43)44)57-45-18-8-5-15-38(45)41-26-33-13-3-4-14-34(33)28-46(41)57/h1-30,51H,(H,54,55,56). The molecular weight excluding hydrogens is 725 g/mol. The van der Waals surface area contributed by atoms with Gasteiger partial charge in [0.15, 0.2) is 5.84 Å². The predicted octanol–water partition coefficient (Wildman–Crippen LogP) is 13.4. The summed E-state index contributed by atoms with van der Waals surface area (Å²) in [5.74, 6) is 1.31. The molecule has 0 amide bonds. The highest BCUT2D eigenvalue weighted by Crippen LogP contribution is 2.40. The lowest BCUT2D eigenvalue weighted by Crippen LogP contribution is -2.33. The van der Waals surface area contributed by atoms with Crippen molar-refractivity contribution in [2.24, 2.45) is 9.98 Å². The van der Waals surface area contributed by atoms with E-state index < -0.39 is 6.17 Å². The van der Waals surface area contributed by atoms with Crippen LogP contribution in [0.4, 0.5) is 0 Å². The fourth-order valence-electron chi connectivity index (χ4n) is 9.18. The number of para-hydroxylation sites is 3. The number of benzene rings is 9. The molecule has 59 heavy (non-hydrogen) atoms. The Morgan fingerprint density at radius 1 is 0.458 bits per heavy atom. The third-order valence-electron chi connectivity index (χ3n) is 12.0. The number of nitrogens with zero attached hydrogens (tertiary/aromatic N) is 3. The highest BCUT2D eigenvalue weighted by Gasteiger charge is 2.26. The molecule has 1 atom stereocenters. The topological polar surface area (TPSA) is 68.0 Å². The molecule has 1 aliphatic rings. The van der Waals surface area contributed by atoms with Gasteiger partial charge in [-0.05, 0) is 93.8 Å². The van der Waals surface area contributed by atoms with Gasteiger partial charge in [-0.15, -0.1) is 0 Å². The third kappa shape index (κ3) is 4.93. The second kappa shape index (κ2) is 12.3. The fraction of sp³-hybridized carbons (Fsp3) is 0.0189. The van der Waals surface area contributed by atoms with Gasteiger partial charge in [0.25, 0.3) is 0 Å². The van der Waals surface area contributed by atoms with Crippen molar-refractivity contribution in [2.45, 2.75) is 6.17 Å². The van der Waals surface area contributed by atoms with Crippen LogP contribution in [0.1, 0.15) is 22.9 Å². The Bertz CT molecular complexity index is 3790. The van der Waals surface area contributed by atoms with Crippen LogP contribution in [-0.2, 0) is 0 Å². The monoisotopic (exact) mass is 756 g/mol. The van der Waals surface area contributed by atoms with Crippen LogP contribution in [0.25, 0.3) is 92.9 Å². The Morgan fingerprint density at radius 2 is 1.12 bits per heavy atom. The lowest BCUT2D eigenvalue weighted by atomic mass is 10.0. The maximum atomic E-state index is 6.79. The van der Waals surface area contributed by atoms with Gasteiger partial charge in [0, 0.05) is 43.6 Å². The Labute approximate surface area is 336 Å². The second-order valence-corrected chi connectivity index (χ2v) is 15.4. The second-order valence-electron chi connectivity index (χ2n) is 15.4. The molecule has 0 bridgehead atoms. The molecule has 0 spiro atoms. The molecule has 3 aromatic heterocycles. The SMILES string of the molecule is c1ccc2cc(C3N=C(c4ccc5oc6ccccc6c5c4)N=C(c4cc(-n5c6ccccc6c6cc7ccccc7cc65)cc5c4oc4ccccc45)N3)ccc2c1. The van der Waals surface area contributed by atoms with Crippen LogP contribution >= 0.6 is 0 Å².